The smallest absolute Gasteiger partial charge is 0.0400 e. The van der Waals surface area contributed by atoms with E-state index in [0.717, 1.165) is 13.1 Å². The molecule has 1 saturated heterocycles. The van der Waals surface area contributed by atoms with Crippen LogP contribution in [0.1, 0.15) is 34.1 Å². The lowest BCUT2D eigenvalue weighted by molar-refractivity contribution is 0.222. The summed E-state index contributed by atoms with van der Waals surface area (Å²) in [5.41, 5.74) is 6.57. The molecular formula is C12H26N2S. The molecule has 0 amide bonds. The maximum Gasteiger partial charge on any atom is 0.0400 e. The Morgan fingerprint density at radius 1 is 1.33 bits per heavy atom. The average molecular weight is 230 g/mol. The van der Waals surface area contributed by atoms with Crippen LogP contribution in [0.4, 0.5) is 0 Å². The summed E-state index contributed by atoms with van der Waals surface area (Å²) >= 11 is 2.04. The minimum absolute atomic E-state index is 0.177. The Balaban J connectivity index is 2.58. The summed E-state index contributed by atoms with van der Waals surface area (Å²) in [6, 6.07) is 0. The van der Waals surface area contributed by atoms with E-state index < -0.39 is 0 Å². The van der Waals surface area contributed by atoms with Gasteiger partial charge in [-0.1, -0.05) is 27.7 Å². The number of hydrogen-bond acceptors (Lipinski definition) is 3. The minimum atomic E-state index is 0.177. The molecule has 1 aliphatic heterocycles. The number of nitrogens with one attached hydrogen (secondary N) is 1. The summed E-state index contributed by atoms with van der Waals surface area (Å²) in [7, 11) is 0. The van der Waals surface area contributed by atoms with Crippen molar-refractivity contribution < 1.29 is 0 Å². The van der Waals surface area contributed by atoms with E-state index in [1.54, 1.807) is 0 Å². The molecule has 90 valence electrons. The molecule has 0 bridgehead atoms. The molecule has 0 radical (unpaired) electrons. The highest BCUT2D eigenvalue weighted by atomic mass is 32.2. The van der Waals surface area contributed by atoms with Crippen LogP contribution in [0.5, 0.6) is 0 Å². The lowest BCUT2D eigenvalue weighted by Gasteiger charge is -2.45. The van der Waals surface area contributed by atoms with E-state index in [-0.39, 0.29) is 5.54 Å². The lowest BCUT2D eigenvalue weighted by Crippen LogP contribution is -2.58. The van der Waals surface area contributed by atoms with Crippen molar-refractivity contribution >= 4 is 11.8 Å². The lowest BCUT2D eigenvalue weighted by atomic mass is 9.79. The largest absolute Gasteiger partial charge is 0.329 e. The first-order valence-corrected chi connectivity index (χ1v) is 7.07. The molecule has 0 aromatic rings. The van der Waals surface area contributed by atoms with Gasteiger partial charge >= 0.3 is 0 Å². The fourth-order valence-corrected chi connectivity index (χ4v) is 3.75. The topological polar surface area (TPSA) is 38.0 Å². The molecule has 3 heteroatoms. The van der Waals surface area contributed by atoms with Crippen molar-refractivity contribution in [2.45, 2.75) is 39.7 Å². The van der Waals surface area contributed by atoms with Crippen molar-refractivity contribution in [3.63, 3.8) is 0 Å². The van der Waals surface area contributed by atoms with Gasteiger partial charge in [0.15, 0.2) is 0 Å². The Hall–Kier alpha value is 0.270. The van der Waals surface area contributed by atoms with E-state index in [9.17, 15) is 0 Å². The zero-order valence-corrected chi connectivity index (χ0v) is 11.4. The predicted molar refractivity (Wildman–Crippen MR) is 70.3 cm³/mol. The van der Waals surface area contributed by atoms with Crippen molar-refractivity contribution in [3.05, 3.63) is 0 Å². The van der Waals surface area contributed by atoms with Crippen LogP contribution in [0.15, 0.2) is 0 Å². The maximum atomic E-state index is 5.97. The van der Waals surface area contributed by atoms with Gasteiger partial charge < -0.3 is 11.1 Å². The van der Waals surface area contributed by atoms with E-state index in [4.69, 9.17) is 5.73 Å². The molecule has 0 aromatic carbocycles. The highest BCUT2D eigenvalue weighted by molar-refractivity contribution is 7.99. The van der Waals surface area contributed by atoms with E-state index in [1.807, 2.05) is 11.8 Å². The van der Waals surface area contributed by atoms with Gasteiger partial charge in [0.25, 0.3) is 0 Å². The SMILES string of the molecule is CC(C)CNC1(CN)CSCC(C)(C)C1. The van der Waals surface area contributed by atoms with Crippen molar-refractivity contribution in [1.82, 2.24) is 5.32 Å². The molecule has 0 spiro atoms. The first kappa shape index (κ1) is 13.3. The van der Waals surface area contributed by atoms with E-state index in [1.165, 1.54) is 17.9 Å². The summed E-state index contributed by atoms with van der Waals surface area (Å²) in [4.78, 5) is 0. The molecule has 15 heavy (non-hydrogen) atoms. The summed E-state index contributed by atoms with van der Waals surface area (Å²) in [6.45, 7) is 11.0. The Kier molecular flexibility index (Phi) is 4.50. The Morgan fingerprint density at radius 2 is 2.00 bits per heavy atom. The summed E-state index contributed by atoms with van der Waals surface area (Å²) in [6.07, 6.45) is 1.20. The van der Waals surface area contributed by atoms with Crippen molar-refractivity contribution in [1.29, 1.82) is 0 Å². The number of nitrogens with two attached hydrogens (primary N) is 1. The zero-order chi connectivity index (χ0) is 11.5. The molecular weight excluding hydrogens is 204 g/mol. The molecule has 1 aliphatic rings. The molecule has 1 unspecified atom stereocenters. The van der Waals surface area contributed by atoms with Crippen molar-refractivity contribution in [2.75, 3.05) is 24.6 Å². The van der Waals surface area contributed by atoms with Crippen LogP contribution >= 0.6 is 11.8 Å². The van der Waals surface area contributed by atoms with Crippen LogP contribution in [-0.4, -0.2) is 30.1 Å². The van der Waals surface area contributed by atoms with E-state index in [0.29, 0.717) is 11.3 Å². The van der Waals surface area contributed by atoms with Crippen molar-refractivity contribution in [3.8, 4) is 0 Å². The van der Waals surface area contributed by atoms with Gasteiger partial charge in [-0.3, -0.25) is 0 Å². The third kappa shape index (κ3) is 3.97. The van der Waals surface area contributed by atoms with Gasteiger partial charge in [0.1, 0.15) is 0 Å². The van der Waals surface area contributed by atoms with E-state index in [2.05, 4.69) is 33.0 Å². The molecule has 0 aliphatic carbocycles. The summed E-state index contributed by atoms with van der Waals surface area (Å²) < 4.78 is 0. The van der Waals surface area contributed by atoms with Crippen LogP contribution < -0.4 is 11.1 Å². The predicted octanol–water partition coefficient (Wildman–Crippen LogP) is 2.09. The van der Waals surface area contributed by atoms with Gasteiger partial charge in [0.05, 0.1) is 0 Å². The normalized spacial score (nSPS) is 30.8. The van der Waals surface area contributed by atoms with Crippen LogP contribution in [0.25, 0.3) is 0 Å². The monoisotopic (exact) mass is 230 g/mol. The second kappa shape index (κ2) is 5.07. The molecule has 0 aromatic heterocycles. The van der Waals surface area contributed by atoms with Crippen LogP contribution in [0, 0.1) is 11.3 Å². The molecule has 3 N–H and O–H groups in total. The van der Waals surface area contributed by atoms with Crippen LogP contribution in [0.3, 0.4) is 0 Å². The third-order valence-corrected chi connectivity index (χ3v) is 4.71. The second-order valence-electron chi connectivity index (χ2n) is 6.09. The summed E-state index contributed by atoms with van der Waals surface area (Å²) in [5, 5.41) is 3.69. The fraction of sp³-hybridized carbons (Fsp3) is 1.00. The Bertz CT molecular complexity index is 204. The Morgan fingerprint density at radius 3 is 2.47 bits per heavy atom. The highest BCUT2D eigenvalue weighted by Gasteiger charge is 2.39. The quantitative estimate of drug-likeness (QED) is 0.777. The standard InChI is InChI=1S/C12H26N2S/c1-10(2)5-14-12(7-13)6-11(3,4)8-15-9-12/h10,14H,5-9,13H2,1-4H3. The molecule has 1 heterocycles. The van der Waals surface area contributed by atoms with Crippen LogP contribution in [-0.2, 0) is 0 Å². The van der Waals surface area contributed by atoms with E-state index >= 15 is 0 Å². The molecule has 1 atom stereocenters. The summed E-state index contributed by atoms with van der Waals surface area (Å²) in [5.74, 6) is 3.13. The fourth-order valence-electron chi connectivity index (χ4n) is 2.28. The average Bonchev–Trinajstić information content (AvgIpc) is 2.13. The van der Waals surface area contributed by atoms with Gasteiger partial charge in [0.2, 0.25) is 0 Å². The van der Waals surface area contributed by atoms with Crippen LogP contribution in [0.2, 0.25) is 0 Å². The minimum Gasteiger partial charge on any atom is -0.329 e. The maximum absolute atomic E-state index is 5.97. The molecule has 0 saturated carbocycles. The van der Waals surface area contributed by atoms with Gasteiger partial charge in [0, 0.05) is 17.8 Å². The molecule has 1 fully saturated rings. The molecule has 1 rings (SSSR count). The highest BCUT2D eigenvalue weighted by Crippen LogP contribution is 2.38. The van der Waals surface area contributed by atoms with Gasteiger partial charge in [-0.05, 0) is 30.1 Å². The van der Waals surface area contributed by atoms with Crippen molar-refractivity contribution in [2.24, 2.45) is 17.1 Å². The second-order valence-corrected chi connectivity index (χ2v) is 7.08. The van der Waals surface area contributed by atoms with Gasteiger partial charge in [-0.15, -0.1) is 0 Å². The first-order valence-electron chi connectivity index (χ1n) is 5.92. The zero-order valence-electron chi connectivity index (χ0n) is 10.6. The number of hydrogen-bond donors (Lipinski definition) is 2. The van der Waals surface area contributed by atoms with Gasteiger partial charge in [-0.2, -0.15) is 11.8 Å². The van der Waals surface area contributed by atoms with Gasteiger partial charge in [-0.25, -0.2) is 0 Å². The Labute approximate surface area is 98.8 Å². The molecule has 2 nitrogen and oxygen atoms in total. The third-order valence-electron chi connectivity index (χ3n) is 2.96. The number of rotatable bonds is 4. The number of thioether (sulfide) groups is 1. The first-order chi connectivity index (χ1) is 6.89.